The van der Waals surface area contributed by atoms with E-state index >= 15 is 0 Å². The molecule has 0 unspecified atom stereocenters. The van der Waals surface area contributed by atoms with Crippen LogP contribution in [0.2, 0.25) is 0 Å². The summed E-state index contributed by atoms with van der Waals surface area (Å²) >= 11 is 0. The molecule has 0 aliphatic heterocycles. The number of pyridine rings is 1. The molecule has 2 aromatic rings. The second kappa shape index (κ2) is 8.65. The molecule has 0 bridgehead atoms. The van der Waals surface area contributed by atoms with Crippen LogP contribution >= 0.6 is 34.0 Å². The number of hydrogen-bond acceptors (Lipinski definition) is 5. The number of hydrogen-bond donors (Lipinski definition) is 4. The van der Waals surface area contributed by atoms with Gasteiger partial charge in [0.1, 0.15) is 0 Å². The molecule has 5 N–H and O–H groups in total. The number of nitrogen functional groups attached to an aromatic ring is 1. The first kappa shape index (κ1) is 18.5. The van der Waals surface area contributed by atoms with E-state index in [1.54, 1.807) is 24.5 Å². The van der Waals surface area contributed by atoms with Crippen molar-refractivity contribution in [2.45, 2.75) is 6.42 Å². The lowest BCUT2D eigenvalue weighted by Gasteiger charge is -2.09. The van der Waals surface area contributed by atoms with E-state index in [2.05, 4.69) is 10.3 Å². The maximum Gasteiger partial charge on any atom is 0.157 e. The highest BCUT2D eigenvalue weighted by Gasteiger charge is 2.01. The third kappa shape index (κ3) is 4.90. The second-order valence-corrected chi connectivity index (χ2v) is 3.96. The summed E-state index contributed by atoms with van der Waals surface area (Å²) in [7, 11) is 0. The van der Waals surface area contributed by atoms with Gasteiger partial charge in [-0.2, -0.15) is 0 Å². The molecule has 1 aromatic heterocycles. The Hall–Kier alpha value is -1.47. The van der Waals surface area contributed by atoms with Gasteiger partial charge in [-0.3, -0.25) is 4.98 Å². The lowest BCUT2D eigenvalue weighted by atomic mass is 10.1. The molecule has 0 saturated heterocycles. The van der Waals surface area contributed by atoms with Crippen molar-refractivity contribution in [3.63, 3.8) is 0 Å². The van der Waals surface area contributed by atoms with Crippen molar-refractivity contribution < 1.29 is 10.2 Å². The van der Waals surface area contributed by atoms with Crippen molar-refractivity contribution >= 4 is 45.3 Å². The number of nitrogens with one attached hydrogen (secondary N) is 1. The minimum absolute atomic E-state index is 0. The average molecular weight is 407 g/mol. The van der Waals surface area contributed by atoms with Gasteiger partial charge in [0.05, 0.1) is 17.6 Å². The molecular weight excluding hydrogens is 390 g/mol. The number of halogens is 2. The van der Waals surface area contributed by atoms with Gasteiger partial charge in [0.2, 0.25) is 0 Å². The summed E-state index contributed by atoms with van der Waals surface area (Å²) in [6, 6.07) is 6.61. The van der Waals surface area contributed by atoms with E-state index in [1.165, 1.54) is 6.07 Å². The number of nitrogens with zero attached hydrogens (tertiary/aromatic N) is 1. The van der Waals surface area contributed by atoms with Gasteiger partial charge in [-0.15, -0.1) is 34.0 Å². The number of anilines is 2. The van der Waals surface area contributed by atoms with Crippen LogP contribution in [-0.4, -0.2) is 21.7 Å². The van der Waals surface area contributed by atoms with E-state index in [-0.39, 0.29) is 45.5 Å². The second-order valence-electron chi connectivity index (χ2n) is 3.96. The molecule has 20 heavy (non-hydrogen) atoms. The van der Waals surface area contributed by atoms with Gasteiger partial charge in [0.25, 0.3) is 0 Å². The summed E-state index contributed by atoms with van der Waals surface area (Å²) < 4.78 is 0. The molecule has 0 radical (unpaired) electrons. The summed E-state index contributed by atoms with van der Waals surface area (Å²) in [5.74, 6) is -0.207. The van der Waals surface area contributed by atoms with Gasteiger partial charge in [-0.05, 0) is 30.2 Å². The first-order chi connectivity index (χ1) is 8.66. The highest BCUT2D eigenvalue weighted by molar-refractivity contribution is 8.93. The number of phenolic OH excluding ortho intramolecular Hbond substituents is 2. The molecule has 1 aromatic carbocycles. The van der Waals surface area contributed by atoms with Crippen molar-refractivity contribution in [1.29, 1.82) is 0 Å². The van der Waals surface area contributed by atoms with Crippen LogP contribution in [0.3, 0.4) is 0 Å². The predicted octanol–water partition coefficient (Wildman–Crippen LogP) is 2.89. The van der Waals surface area contributed by atoms with Crippen LogP contribution in [0.5, 0.6) is 11.5 Å². The number of nitrogens with two attached hydrogens (primary N) is 1. The molecule has 7 heteroatoms. The van der Waals surface area contributed by atoms with E-state index in [0.29, 0.717) is 12.2 Å². The third-order valence-corrected chi connectivity index (χ3v) is 2.62. The molecule has 0 aliphatic carbocycles. The van der Waals surface area contributed by atoms with Gasteiger partial charge in [-0.1, -0.05) is 6.07 Å². The van der Waals surface area contributed by atoms with E-state index in [4.69, 9.17) is 5.73 Å². The topological polar surface area (TPSA) is 91.4 Å². The summed E-state index contributed by atoms with van der Waals surface area (Å²) in [5, 5.41) is 21.7. The average Bonchev–Trinajstić information content (AvgIpc) is 2.36. The Labute approximate surface area is 138 Å². The molecule has 0 saturated carbocycles. The summed E-state index contributed by atoms with van der Waals surface area (Å²) in [6.45, 7) is 0.679. The first-order valence-electron chi connectivity index (χ1n) is 5.61. The number of aromatic hydroxyl groups is 2. The zero-order valence-electron chi connectivity index (χ0n) is 10.6. The highest BCUT2D eigenvalue weighted by atomic mass is 79.9. The molecule has 0 amide bonds. The van der Waals surface area contributed by atoms with Crippen molar-refractivity contribution in [1.82, 2.24) is 4.98 Å². The van der Waals surface area contributed by atoms with E-state index in [1.807, 2.05) is 6.07 Å². The van der Waals surface area contributed by atoms with Gasteiger partial charge in [-0.25, -0.2) is 0 Å². The standard InChI is InChI=1S/C13H15N3O2.2BrH/c14-10-8-15-5-4-11(10)16-6-3-9-1-2-12(17)13(18)7-9;;/h1-2,4-5,7-8,17-18H,3,6,14H2,(H,15,16);2*1H. The Morgan fingerprint density at radius 3 is 2.50 bits per heavy atom. The molecule has 5 nitrogen and oxygen atoms in total. The largest absolute Gasteiger partial charge is 0.504 e. The Balaban J connectivity index is 0.00000180. The molecule has 2 rings (SSSR count). The van der Waals surface area contributed by atoms with Crippen LogP contribution < -0.4 is 11.1 Å². The molecule has 0 fully saturated rings. The Morgan fingerprint density at radius 2 is 1.85 bits per heavy atom. The lowest BCUT2D eigenvalue weighted by Crippen LogP contribution is -2.06. The highest BCUT2D eigenvalue weighted by Crippen LogP contribution is 2.25. The van der Waals surface area contributed by atoms with Crippen LogP contribution in [0.15, 0.2) is 36.7 Å². The van der Waals surface area contributed by atoms with Crippen molar-refractivity contribution in [3.05, 3.63) is 42.2 Å². The van der Waals surface area contributed by atoms with Gasteiger partial charge >= 0.3 is 0 Å². The van der Waals surface area contributed by atoms with Crippen LogP contribution in [-0.2, 0) is 6.42 Å². The zero-order valence-corrected chi connectivity index (χ0v) is 14.0. The van der Waals surface area contributed by atoms with Gasteiger partial charge in [0, 0.05) is 12.7 Å². The number of phenols is 2. The summed E-state index contributed by atoms with van der Waals surface area (Å²) in [4.78, 5) is 3.91. The fourth-order valence-electron chi connectivity index (χ4n) is 1.63. The fourth-order valence-corrected chi connectivity index (χ4v) is 1.63. The fraction of sp³-hybridized carbons (Fsp3) is 0.154. The quantitative estimate of drug-likeness (QED) is 0.586. The van der Waals surface area contributed by atoms with Crippen molar-refractivity contribution in [3.8, 4) is 11.5 Å². The Kier molecular flexibility index (Phi) is 8.02. The minimum Gasteiger partial charge on any atom is -0.504 e. The molecular formula is C13H17Br2N3O2. The number of benzene rings is 1. The van der Waals surface area contributed by atoms with Crippen molar-refractivity contribution in [2.75, 3.05) is 17.6 Å². The predicted molar refractivity (Wildman–Crippen MR) is 91.3 cm³/mol. The normalized spacial score (nSPS) is 9.20. The van der Waals surface area contributed by atoms with Crippen molar-refractivity contribution in [2.24, 2.45) is 0 Å². The SMILES string of the molecule is Br.Br.Nc1cnccc1NCCc1ccc(O)c(O)c1. The van der Waals surface area contributed by atoms with Gasteiger partial charge in [0.15, 0.2) is 11.5 Å². The van der Waals surface area contributed by atoms with Gasteiger partial charge < -0.3 is 21.3 Å². The first-order valence-corrected chi connectivity index (χ1v) is 5.61. The monoisotopic (exact) mass is 405 g/mol. The molecule has 0 spiro atoms. The van der Waals surface area contributed by atoms with E-state index in [0.717, 1.165) is 17.7 Å². The Bertz CT molecular complexity index is 553. The number of aromatic nitrogens is 1. The molecule has 0 atom stereocenters. The summed E-state index contributed by atoms with van der Waals surface area (Å²) in [5.41, 5.74) is 8.13. The third-order valence-electron chi connectivity index (χ3n) is 2.62. The molecule has 0 aliphatic rings. The van der Waals surface area contributed by atoms with Crippen LogP contribution in [0, 0.1) is 0 Å². The maximum atomic E-state index is 9.36. The maximum absolute atomic E-state index is 9.36. The Morgan fingerprint density at radius 1 is 1.10 bits per heavy atom. The molecule has 110 valence electrons. The lowest BCUT2D eigenvalue weighted by molar-refractivity contribution is 0.403. The molecule has 1 heterocycles. The van der Waals surface area contributed by atoms with E-state index < -0.39 is 0 Å². The smallest absolute Gasteiger partial charge is 0.157 e. The number of rotatable bonds is 4. The van der Waals surface area contributed by atoms with Crippen LogP contribution in [0.4, 0.5) is 11.4 Å². The van der Waals surface area contributed by atoms with E-state index in [9.17, 15) is 10.2 Å². The van der Waals surface area contributed by atoms with Crippen LogP contribution in [0.1, 0.15) is 5.56 Å². The van der Waals surface area contributed by atoms with Crippen LogP contribution in [0.25, 0.3) is 0 Å². The minimum atomic E-state index is -0.106. The summed E-state index contributed by atoms with van der Waals surface area (Å²) in [6.07, 6.45) is 3.98. The zero-order chi connectivity index (χ0) is 13.0.